The van der Waals surface area contributed by atoms with Crippen LogP contribution in [0.2, 0.25) is 0 Å². The molecule has 0 amide bonds. The first-order valence-corrected chi connectivity index (χ1v) is 8.94. The molecule has 5 nitrogen and oxygen atoms in total. The molecule has 1 fully saturated rings. The molecule has 2 aromatic rings. The van der Waals surface area contributed by atoms with Gasteiger partial charge in [0.2, 0.25) is 0 Å². The summed E-state index contributed by atoms with van der Waals surface area (Å²) in [6.07, 6.45) is 2.72. The zero-order valence-electron chi connectivity index (χ0n) is 15.0. The summed E-state index contributed by atoms with van der Waals surface area (Å²) in [5.41, 5.74) is 0.681. The monoisotopic (exact) mass is 343 g/mol. The first-order chi connectivity index (χ1) is 12.1. The van der Waals surface area contributed by atoms with E-state index < -0.39 is 0 Å². The smallest absolute Gasteiger partial charge is 0.146 e. The van der Waals surface area contributed by atoms with Crippen molar-refractivity contribution in [2.75, 3.05) is 47.8 Å². The molecule has 0 aliphatic carbocycles. The summed E-state index contributed by atoms with van der Waals surface area (Å²) in [4.78, 5) is 13.0. The molecule has 1 saturated heterocycles. The Morgan fingerprint density at radius 2 is 1.80 bits per heavy atom. The topological polar surface area (TPSA) is 44.3 Å². The van der Waals surface area contributed by atoms with Gasteiger partial charge in [0.05, 0.1) is 5.69 Å². The second kappa shape index (κ2) is 8.14. The quantitative estimate of drug-likeness (QED) is 0.871. The summed E-state index contributed by atoms with van der Waals surface area (Å²) in [7, 11) is 0. The molecule has 0 atom stereocenters. The molecule has 0 saturated carbocycles. The fourth-order valence-corrected chi connectivity index (χ4v) is 2.99. The normalized spacial score (nSPS) is 14.9. The zero-order valence-corrected chi connectivity index (χ0v) is 15.0. The van der Waals surface area contributed by atoms with Crippen molar-refractivity contribution in [3.8, 4) is 0 Å². The molecule has 1 aliphatic heterocycles. The number of halogens is 1. The van der Waals surface area contributed by atoms with E-state index in [4.69, 9.17) is 0 Å². The van der Waals surface area contributed by atoms with Crippen LogP contribution >= 0.6 is 0 Å². The molecule has 134 valence electrons. The number of nitrogens with zero attached hydrogens (tertiary/aromatic N) is 4. The third kappa shape index (κ3) is 4.59. The third-order valence-electron chi connectivity index (χ3n) is 4.48. The van der Waals surface area contributed by atoms with Crippen molar-refractivity contribution in [3.05, 3.63) is 42.5 Å². The van der Waals surface area contributed by atoms with Crippen LogP contribution in [0, 0.1) is 11.7 Å². The minimum Gasteiger partial charge on any atom is -0.370 e. The molecule has 0 unspecified atom stereocenters. The van der Waals surface area contributed by atoms with Crippen LogP contribution in [-0.2, 0) is 0 Å². The van der Waals surface area contributed by atoms with Gasteiger partial charge in [-0.1, -0.05) is 26.0 Å². The summed E-state index contributed by atoms with van der Waals surface area (Å²) in [5, 5.41) is 3.36. The lowest BCUT2D eigenvalue weighted by molar-refractivity contribution is 0.596. The molecule has 1 aliphatic rings. The van der Waals surface area contributed by atoms with E-state index in [-0.39, 0.29) is 5.82 Å². The second-order valence-corrected chi connectivity index (χ2v) is 6.80. The van der Waals surface area contributed by atoms with Crippen LogP contribution in [0.1, 0.15) is 20.3 Å². The Morgan fingerprint density at radius 3 is 2.52 bits per heavy atom. The van der Waals surface area contributed by atoms with Crippen molar-refractivity contribution in [2.45, 2.75) is 20.3 Å². The minimum atomic E-state index is -0.158. The van der Waals surface area contributed by atoms with Crippen molar-refractivity contribution < 1.29 is 4.39 Å². The Labute approximate surface area is 148 Å². The lowest BCUT2D eigenvalue weighted by atomic mass is 10.1. The van der Waals surface area contributed by atoms with Gasteiger partial charge in [-0.05, 0) is 24.5 Å². The maximum atomic E-state index is 13.9. The van der Waals surface area contributed by atoms with Gasteiger partial charge in [0.1, 0.15) is 23.8 Å². The average molecular weight is 343 g/mol. The highest BCUT2D eigenvalue weighted by Gasteiger charge is 2.20. The molecule has 25 heavy (non-hydrogen) atoms. The van der Waals surface area contributed by atoms with Gasteiger partial charge in [-0.15, -0.1) is 0 Å². The molecule has 6 heteroatoms. The van der Waals surface area contributed by atoms with Crippen molar-refractivity contribution >= 4 is 17.3 Å². The van der Waals surface area contributed by atoms with Gasteiger partial charge in [-0.2, -0.15) is 0 Å². The number of aromatic nitrogens is 2. The van der Waals surface area contributed by atoms with Crippen molar-refractivity contribution in [2.24, 2.45) is 5.92 Å². The standard InChI is InChI=1S/C19H26FN5/c1-15(2)7-8-21-18-13-19(23-14-22-18)25-11-9-24(10-12-25)17-6-4-3-5-16(17)20/h3-6,13-15H,7-12H2,1-2H3,(H,21,22,23). The number of para-hydroxylation sites is 1. The van der Waals surface area contributed by atoms with Gasteiger partial charge in [0, 0.05) is 38.8 Å². The fraction of sp³-hybridized carbons (Fsp3) is 0.474. The van der Waals surface area contributed by atoms with E-state index in [1.54, 1.807) is 12.4 Å². The molecule has 0 radical (unpaired) electrons. The van der Waals surface area contributed by atoms with Gasteiger partial charge in [0.15, 0.2) is 0 Å². The summed E-state index contributed by atoms with van der Waals surface area (Å²) in [5.74, 6) is 2.30. The first kappa shape index (κ1) is 17.5. The second-order valence-electron chi connectivity index (χ2n) is 6.80. The number of hydrogen-bond acceptors (Lipinski definition) is 5. The lowest BCUT2D eigenvalue weighted by Gasteiger charge is -2.36. The highest BCUT2D eigenvalue weighted by molar-refractivity contribution is 5.52. The van der Waals surface area contributed by atoms with E-state index in [0.29, 0.717) is 11.6 Å². The summed E-state index contributed by atoms with van der Waals surface area (Å²) in [6, 6.07) is 8.96. The van der Waals surface area contributed by atoms with Crippen LogP contribution in [0.4, 0.5) is 21.7 Å². The molecule has 1 aromatic heterocycles. The predicted octanol–water partition coefficient (Wildman–Crippen LogP) is 3.40. The fourth-order valence-electron chi connectivity index (χ4n) is 2.99. The number of rotatable bonds is 6. The van der Waals surface area contributed by atoms with Gasteiger partial charge in [-0.3, -0.25) is 0 Å². The minimum absolute atomic E-state index is 0.158. The van der Waals surface area contributed by atoms with Crippen LogP contribution < -0.4 is 15.1 Å². The van der Waals surface area contributed by atoms with E-state index in [9.17, 15) is 4.39 Å². The predicted molar refractivity (Wildman–Crippen MR) is 101 cm³/mol. The summed E-state index contributed by atoms with van der Waals surface area (Å²) < 4.78 is 13.9. The van der Waals surface area contributed by atoms with Crippen LogP contribution in [0.25, 0.3) is 0 Å². The van der Waals surface area contributed by atoms with E-state index >= 15 is 0 Å². The Hall–Kier alpha value is -2.37. The molecule has 0 bridgehead atoms. The molecule has 1 N–H and O–H groups in total. The molecule has 0 spiro atoms. The Bertz CT molecular complexity index is 683. The van der Waals surface area contributed by atoms with E-state index in [1.807, 2.05) is 18.2 Å². The summed E-state index contributed by atoms with van der Waals surface area (Å²) in [6.45, 7) is 8.52. The van der Waals surface area contributed by atoms with Crippen molar-refractivity contribution in [1.82, 2.24) is 9.97 Å². The summed E-state index contributed by atoms with van der Waals surface area (Å²) >= 11 is 0. The number of benzene rings is 1. The van der Waals surface area contributed by atoms with Crippen molar-refractivity contribution in [1.29, 1.82) is 0 Å². The van der Waals surface area contributed by atoms with Gasteiger partial charge >= 0.3 is 0 Å². The molecule has 1 aromatic carbocycles. The van der Waals surface area contributed by atoms with Crippen LogP contribution in [-0.4, -0.2) is 42.7 Å². The molecular formula is C19H26FN5. The van der Waals surface area contributed by atoms with E-state index in [0.717, 1.165) is 50.8 Å². The maximum absolute atomic E-state index is 13.9. The SMILES string of the molecule is CC(C)CCNc1cc(N2CCN(c3ccccc3F)CC2)ncn1. The van der Waals surface area contributed by atoms with Crippen LogP contribution in [0.15, 0.2) is 36.7 Å². The number of nitrogens with one attached hydrogen (secondary N) is 1. The highest BCUT2D eigenvalue weighted by atomic mass is 19.1. The third-order valence-corrected chi connectivity index (χ3v) is 4.48. The molecule has 2 heterocycles. The van der Waals surface area contributed by atoms with Gasteiger partial charge < -0.3 is 15.1 Å². The highest BCUT2D eigenvalue weighted by Crippen LogP contribution is 2.22. The number of anilines is 3. The van der Waals surface area contributed by atoms with Gasteiger partial charge in [0.25, 0.3) is 0 Å². The lowest BCUT2D eigenvalue weighted by Crippen LogP contribution is -2.47. The Balaban J connectivity index is 1.58. The zero-order chi connectivity index (χ0) is 17.6. The van der Waals surface area contributed by atoms with Crippen LogP contribution in [0.3, 0.4) is 0 Å². The molecular weight excluding hydrogens is 317 g/mol. The van der Waals surface area contributed by atoms with Crippen molar-refractivity contribution in [3.63, 3.8) is 0 Å². The maximum Gasteiger partial charge on any atom is 0.146 e. The Morgan fingerprint density at radius 1 is 1.08 bits per heavy atom. The van der Waals surface area contributed by atoms with E-state index in [2.05, 4.69) is 38.9 Å². The van der Waals surface area contributed by atoms with E-state index in [1.165, 1.54) is 6.07 Å². The number of hydrogen-bond donors (Lipinski definition) is 1. The average Bonchev–Trinajstić information content (AvgIpc) is 2.62. The number of piperazine rings is 1. The van der Waals surface area contributed by atoms with Crippen LogP contribution in [0.5, 0.6) is 0 Å². The van der Waals surface area contributed by atoms with Gasteiger partial charge in [-0.25, -0.2) is 14.4 Å². The first-order valence-electron chi connectivity index (χ1n) is 8.94. The Kier molecular flexibility index (Phi) is 5.68. The molecule has 3 rings (SSSR count). The largest absolute Gasteiger partial charge is 0.370 e.